The molecule has 2 aromatic rings. The molecule has 1 fully saturated rings. The highest BCUT2D eigenvalue weighted by molar-refractivity contribution is 5.89. The third-order valence-electron chi connectivity index (χ3n) is 4.77. The SMILES string of the molecule is Cc1ccc(NC(=O)N2CCCC(Oc3nccnc3N(C)C)C2)cc1C. The van der Waals surface area contributed by atoms with Crippen LogP contribution >= 0.6 is 0 Å². The summed E-state index contributed by atoms with van der Waals surface area (Å²) in [5.41, 5.74) is 3.18. The lowest BCUT2D eigenvalue weighted by atomic mass is 10.1. The van der Waals surface area contributed by atoms with Gasteiger partial charge in [0.1, 0.15) is 6.10 Å². The highest BCUT2D eigenvalue weighted by Crippen LogP contribution is 2.24. The van der Waals surface area contributed by atoms with E-state index in [1.807, 2.05) is 44.1 Å². The van der Waals surface area contributed by atoms with E-state index in [-0.39, 0.29) is 12.1 Å². The Morgan fingerprint density at radius 2 is 2.00 bits per heavy atom. The first-order chi connectivity index (χ1) is 12.9. The lowest BCUT2D eigenvalue weighted by Gasteiger charge is -2.33. The number of hydrogen-bond donors (Lipinski definition) is 1. The minimum absolute atomic E-state index is 0.0975. The van der Waals surface area contributed by atoms with Crippen molar-refractivity contribution in [2.45, 2.75) is 32.8 Å². The number of nitrogens with one attached hydrogen (secondary N) is 1. The van der Waals surface area contributed by atoms with Crippen molar-refractivity contribution in [3.8, 4) is 5.88 Å². The molecule has 0 bridgehead atoms. The molecule has 1 unspecified atom stereocenters. The number of urea groups is 1. The van der Waals surface area contributed by atoms with E-state index in [4.69, 9.17) is 4.74 Å². The van der Waals surface area contributed by atoms with Crippen molar-refractivity contribution in [2.75, 3.05) is 37.4 Å². The van der Waals surface area contributed by atoms with Crippen molar-refractivity contribution in [3.05, 3.63) is 41.7 Å². The van der Waals surface area contributed by atoms with E-state index in [2.05, 4.69) is 22.2 Å². The van der Waals surface area contributed by atoms with Gasteiger partial charge >= 0.3 is 6.03 Å². The molecule has 27 heavy (non-hydrogen) atoms. The third-order valence-corrected chi connectivity index (χ3v) is 4.77. The number of benzene rings is 1. The summed E-state index contributed by atoms with van der Waals surface area (Å²) in [6, 6.07) is 5.84. The molecule has 0 saturated carbocycles. The van der Waals surface area contributed by atoms with Gasteiger partial charge in [-0.1, -0.05) is 6.07 Å². The topological polar surface area (TPSA) is 70.6 Å². The van der Waals surface area contributed by atoms with Crippen molar-refractivity contribution < 1.29 is 9.53 Å². The summed E-state index contributed by atoms with van der Waals surface area (Å²) >= 11 is 0. The number of nitrogens with zero attached hydrogens (tertiary/aromatic N) is 4. The van der Waals surface area contributed by atoms with Crippen molar-refractivity contribution >= 4 is 17.5 Å². The van der Waals surface area contributed by atoms with Gasteiger partial charge in [0.05, 0.1) is 6.54 Å². The number of piperidine rings is 1. The maximum Gasteiger partial charge on any atom is 0.321 e. The largest absolute Gasteiger partial charge is 0.470 e. The number of ether oxygens (including phenoxy) is 1. The molecule has 7 nitrogen and oxygen atoms in total. The zero-order valence-electron chi connectivity index (χ0n) is 16.4. The van der Waals surface area contributed by atoms with Gasteiger partial charge in [-0.25, -0.2) is 14.8 Å². The first-order valence-electron chi connectivity index (χ1n) is 9.22. The first-order valence-corrected chi connectivity index (χ1v) is 9.22. The lowest BCUT2D eigenvalue weighted by Crippen LogP contribution is -2.46. The summed E-state index contributed by atoms with van der Waals surface area (Å²) in [6.45, 7) is 5.35. The van der Waals surface area contributed by atoms with E-state index >= 15 is 0 Å². The fourth-order valence-electron chi connectivity index (χ4n) is 3.11. The van der Waals surface area contributed by atoms with Crippen LogP contribution in [0.25, 0.3) is 0 Å². The monoisotopic (exact) mass is 369 g/mol. The van der Waals surface area contributed by atoms with E-state index in [1.54, 1.807) is 17.3 Å². The molecule has 1 atom stereocenters. The Morgan fingerprint density at radius 1 is 1.22 bits per heavy atom. The maximum atomic E-state index is 12.7. The van der Waals surface area contributed by atoms with Gasteiger partial charge in [-0.3, -0.25) is 0 Å². The summed E-state index contributed by atoms with van der Waals surface area (Å²) in [7, 11) is 3.81. The third kappa shape index (κ3) is 4.67. The summed E-state index contributed by atoms with van der Waals surface area (Å²) < 4.78 is 6.08. The van der Waals surface area contributed by atoms with Crippen LogP contribution in [0.2, 0.25) is 0 Å². The molecular weight excluding hydrogens is 342 g/mol. The molecular formula is C20H27N5O2. The zero-order valence-corrected chi connectivity index (χ0v) is 16.4. The number of aryl methyl sites for hydroxylation is 2. The van der Waals surface area contributed by atoms with Gasteiger partial charge < -0.3 is 19.9 Å². The molecule has 1 aliphatic heterocycles. The fraction of sp³-hybridized carbons (Fsp3) is 0.450. The van der Waals surface area contributed by atoms with E-state index in [9.17, 15) is 4.79 Å². The minimum Gasteiger partial charge on any atom is -0.470 e. The van der Waals surface area contributed by atoms with Gasteiger partial charge in [0.25, 0.3) is 5.88 Å². The zero-order chi connectivity index (χ0) is 19.4. The van der Waals surface area contributed by atoms with Crippen molar-refractivity contribution in [3.63, 3.8) is 0 Å². The Morgan fingerprint density at radius 3 is 2.74 bits per heavy atom. The van der Waals surface area contributed by atoms with Gasteiger partial charge in [0, 0.05) is 38.7 Å². The number of anilines is 2. The van der Waals surface area contributed by atoms with Crippen LogP contribution in [-0.4, -0.2) is 54.2 Å². The van der Waals surface area contributed by atoms with Gasteiger partial charge in [-0.15, -0.1) is 0 Å². The summed E-state index contributed by atoms with van der Waals surface area (Å²) in [6.07, 6.45) is 4.95. The smallest absolute Gasteiger partial charge is 0.321 e. The highest BCUT2D eigenvalue weighted by atomic mass is 16.5. The fourth-order valence-corrected chi connectivity index (χ4v) is 3.11. The van der Waals surface area contributed by atoms with Crippen LogP contribution in [0.4, 0.5) is 16.3 Å². The average Bonchev–Trinajstić information content (AvgIpc) is 2.65. The molecule has 1 aromatic heterocycles. The Bertz CT molecular complexity index is 809. The summed E-state index contributed by atoms with van der Waals surface area (Å²) in [5.74, 6) is 1.19. The summed E-state index contributed by atoms with van der Waals surface area (Å²) in [5, 5.41) is 2.99. The number of aromatic nitrogens is 2. The van der Waals surface area contributed by atoms with Crippen LogP contribution in [-0.2, 0) is 0 Å². The number of hydrogen-bond acceptors (Lipinski definition) is 5. The molecule has 1 aliphatic rings. The predicted octanol–water partition coefficient (Wildman–Crippen LogP) is 3.23. The molecule has 7 heteroatoms. The normalized spacial score (nSPS) is 16.7. The van der Waals surface area contributed by atoms with E-state index in [0.717, 1.165) is 30.6 Å². The Kier molecular flexibility index (Phi) is 5.78. The van der Waals surface area contributed by atoms with Gasteiger partial charge in [0.2, 0.25) is 0 Å². The average molecular weight is 369 g/mol. The second-order valence-corrected chi connectivity index (χ2v) is 7.14. The van der Waals surface area contributed by atoms with Gasteiger partial charge in [-0.05, 0) is 49.9 Å². The Balaban J connectivity index is 1.63. The quantitative estimate of drug-likeness (QED) is 0.896. The predicted molar refractivity (Wildman–Crippen MR) is 107 cm³/mol. The molecule has 0 spiro atoms. The van der Waals surface area contributed by atoms with Crippen molar-refractivity contribution in [1.29, 1.82) is 0 Å². The molecule has 144 valence electrons. The lowest BCUT2D eigenvalue weighted by molar-refractivity contribution is 0.103. The van der Waals surface area contributed by atoms with E-state index in [0.29, 0.717) is 18.2 Å². The van der Waals surface area contributed by atoms with Crippen LogP contribution in [0, 0.1) is 13.8 Å². The van der Waals surface area contributed by atoms with Crippen LogP contribution in [0.1, 0.15) is 24.0 Å². The number of carbonyl (C=O) groups is 1. The van der Waals surface area contributed by atoms with Crippen molar-refractivity contribution in [1.82, 2.24) is 14.9 Å². The Labute approximate surface area is 160 Å². The standard InChI is InChI=1S/C20H27N5O2/c1-14-7-8-16(12-15(14)2)23-20(26)25-11-5-6-17(13-25)27-19-18(24(3)4)21-9-10-22-19/h7-10,12,17H,5-6,11,13H2,1-4H3,(H,23,26). The van der Waals surface area contributed by atoms with Crippen LogP contribution in [0.15, 0.2) is 30.6 Å². The first kappa shape index (κ1) is 18.9. The van der Waals surface area contributed by atoms with Crippen molar-refractivity contribution in [2.24, 2.45) is 0 Å². The second-order valence-electron chi connectivity index (χ2n) is 7.14. The number of amides is 2. The molecule has 3 rings (SSSR count). The van der Waals surface area contributed by atoms with Gasteiger partial charge in [0.15, 0.2) is 5.82 Å². The van der Waals surface area contributed by atoms with Gasteiger partial charge in [-0.2, -0.15) is 0 Å². The molecule has 1 aromatic carbocycles. The highest BCUT2D eigenvalue weighted by Gasteiger charge is 2.26. The number of likely N-dealkylation sites (tertiary alicyclic amines) is 1. The molecule has 2 heterocycles. The number of rotatable bonds is 4. The van der Waals surface area contributed by atoms with E-state index < -0.39 is 0 Å². The van der Waals surface area contributed by atoms with E-state index in [1.165, 1.54) is 5.56 Å². The second kappa shape index (κ2) is 8.24. The minimum atomic E-state index is -0.0986. The van der Waals surface area contributed by atoms with Crippen LogP contribution in [0.5, 0.6) is 5.88 Å². The molecule has 0 aliphatic carbocycles. The maximum absolute atomic E-state index is 12.7. The number of carbonyl (C=O) groups excluding carboxylic acids is 1. The molecule has 0 radical (unpaired) electrons. The Hall–Kier alpha value is -2.83. The molecule has 1 saturated heterocycles. The molecule has 2 amide bonds. The molecule has 1 N–H and O–H groups in total. The summed E-state index contributed by atoms with van der Waals surface area (Å²) in [4.78, 5) is 24.9. The van der Waals surface area contributed by atoms with Crippen LogP contribution < -0.4 is 15.0 Å². The van der Waals surface area contributed by atoms with Crippen LogP contribution in [0.3, 0.4) is 0 Å².